The molecule has 0 spiro atoms. The molecule has 30 heavy (non-hydrogen) atoms. The van der Waals surface area contributed by atoms with Crippen LogP contribution in [-0.4, -0.2) is 28.5 Å². The fraction of sp³-hybridized carbons (Fsp3) is 0.174. The Morgan fingerprint density at radius 2 is 1.93 bits per heavy atom. The number of pyridine rings is 1. The van der Waals surface area contributed by atoms with Crippen molar-refractivity contribution in [3.63, 3.8) is 0 Å². The van der Waals surface area contributed by atoms with E-state index in [1.165, 1.54) is 32.2 Å². The summed E-state index contributed by atoms with van der Waals surface area (Å²) in [7, 11) is 1.21. The third-order valence-electron chi connectivity index (χ3n) is 4.21. The lowest BCUT2D eigenvalue weighted by atomic mass is 9.97. The number of carboxylic acids is 1. The number of ketones is 1. The first kappa shape index (κ1) is 13.8. The first-order chi connectivity index (χ1) is 17.1. The van der Waals surface area contributed by atoms with Gasteiger partial charge in [0.2, 0.25) is 0 Å². The Bertz CT molecular complexity index is 1480. The highest BCUT2D eigenvalue weighted by molar-refractivity contribution is 6.31. The van der Waals surface area contributed by atoms with E-state index in [9.17, 15) is 19.5 Å². The van der Waals surface area contributed by atoms with Gasteiger partial charge in [-0.25, -0.2) is 4.79 Å². The Kier molecular flexibility index (Phi) is 4.12. The first-order valence-corrected chi connectivity index (χ1v) is 8.94. The smallest absolute Gasteiger partial charge is 0.327 e. The Hall–Kier alpha value is -3.38. The highest BCUT2D eigenvalue weighted by Gasteiger charge is 2.24. The highest BCUT2D eigenvalue weighted by atomic mass is 35.5. The standard InChI is InChI=1S/C23H20ClNO5/c1-14(26)17-9-8-16(24)11-18(17)19-12-22(27)25(13-21(19)30-2)20(23(28)29)10-15-6-4-3-5-7-15/h3-9,11-13,20H,10H2,1-2H3,(H,28,29)/i3D,4D,5D,6D,7D,10D2. The third kappa shape index (κ3) is 4.44. The van der Waals surface area contributed by atoms with Crippen LogP contribution in [0.4, 0.5) is 0 Å². The van der Waals surface area contributed by atoms with Gasteiger partial charge in [0.15, 0.2) is 5.78 Å². The summed E-state index contributed by atoms with van der Waals surface area (Å²) in [5.74, 6) is -2.30. The van der Waals surface area contributed by atoms with Crippen LogP contribution in [0.25, 0.3) is 11.1 Å². The van der Waals surface area contributed by atoms with E-state index in [2.05, 4.69) is 0 Å². The minimum Gasteiger partial charge on any atom is -0.495 e. The van der Waals surface area contributed by atoms with Crippen LogP contribution in [-0.2, 0) is 11.2 Å². The van der Waals surface area contributed by atoms with Crippen molar-refractivity contribution in [2.75, 3.05) is 7.11 Å². The molecule has 1 atom stereocenters. The lowest BCUT2D eigenvalue weighted by Crippen LogP contribution is -2.31. The summed E-state index contributed by atoms with van der Waals surface area (Å²) in [5.41, 5.74) is -1.43. The SMILES string of the molecule is [2H]c1c([2H])c([2H])c(C([2H])([2H])C(C(=O)O)n2cc(OC)c(-c3cc(Cl)ccc3C(C)=O)cc2=O)c([2H])c1[2H]. The van der Waals surface area contributed by atoms with Crippen LogP contribution in [0.15, 0.2) is 65.5 Å². The van der Waals surface area contributed by atoms with Crippen LogP contribution in [0.2, 0.25) is 5.02 Å². The molecule has 0 saturated heterocycles. The van der Waals surface area contributed by atoms with E-state index in [1.807, 2.05) is 0 Å². The molecule has 0 amide bonds. The Balaban J connectivity index is 2.33. The summed E-state index contributed by atoms with van der Waals surface area (Å²) < 4.78 is 62.5. The van der Waals surface area contributed by atoms with Gasteiger partial charge in [0.05, 0.1) is 20.2 Å². The normalized spacial score (nSPS) is 15.5. The van der Waals surface area contributed by atoms with Gasteiger partial charge in [0.1, 0.15) is 11.8 Å². The Labute approximate surface area is 188 Å². The molecule has 3 aromatic rings. The second-order valence-electron chi connectivity index (χ2n) is 6.13. The van der Waals surface area contributed by atoms with Gasteiger partial charge in [-0.05, 0) is 36.2 Å². The number of Topliss-reactive ketones (excluding diaryl/α,β-unsaturated/α-hetero) is 1. The van der Waals surface area contributed by atoms with E-state index in [4.69, 9.17) is 25.9 Å². The number of carbonyl (C=O) groups is 2. The number of halogens is 1. The van der Waals surface area contributed by atoms with Gasteiger partial charge in [-0.15, -0.1) is 0 Å². The molecule has 2 aromatic carbocycles. The van der Waals surface area contributed by atoms with Crippen molar-refractivity contribution in [1.29, 1.82) is 0 Å². The van der Waals surface area contributed by atoms with Crippen molar-refractivity contribution < 1.29 is 29.0 Å². The zero-order valence-corrected chi connectivity index (χ0v) is 16.6. The van der Waals surface area contributed by atoms with Crippen molar-refractivity contribution in [3.8, 4) is 16.9 Å². The molecule has 1 unspecified atom stereocenters. The number of hydrogen-bond acceptors (Lipinski definition) is 4. The van der Waals surface area contributed by atoms with Gasteiger partial charge in [-0.1, -0.05) is 41.8 Å². The lowest BCUT2D eigenvalue weighted by Gasteiger charge is -2.19. The number of rotatable bonds is 7. The van der Waals surface area contributed by atoms with Gasteiger partial charge in [-0.3, -0.25) is 14.2 Å². The van der Waals surface area contributed by atoms with E-state index in [0.717, 1.165) is 12.3 Å². The van der Waals surface area contributed by atoms with Crippen molar-refractivity contribution in [2.45, 2.75) is 19.3 Å². The van der Waals surface area contributed by atoms with Crippen LogP contribution >= 0.6 is 11.6 Å². The van der Waals surface area contributed by atoms with Crippen LogP contribution in [0.1, 0.15) is 38.5 Å². The van der Waals surface area contributed by atoms with Crippen LogP contribution in [0.3, 0.4) is 0 Å². The number of ether oxygens (including phenoxy) is 1. The maximum atomic E-state index is 13.2. The molecule has 154 valence electrons. The molecule has 0 aliphatic carbocycles. The molecule has 0 fully saturated rings. The number of carbonyl (C=O) groups excluding carboxylic acids is 1. The van der Waals surface area contributed by atoms with Crippen molar-refractivity contribution in [1.82, 2.24) is 4.57 Å². The molecule has 1 heterocycles. The average molecular weight is 433 g/mol. The molecule has 0 saturated carbocycles. The van der Waals surface area contributed by atoms with Crippen molar-refractivity contribution in [2.24, 2.45) is 0 Å². The number of aromatic nitrogens is 1. The predicted octanol–water partition coefficient (Wildman–Crippen LogP) is 4.25. The van der Waals surface area contributed by atoms with Gasteiger partial charge >= 0.3 is 5.97 Å². The lowest BCUT2D eigenvalue weighted by molar-refractivity contribution is -0.141. The summed E-state index contributed by atoms with van der Waals surface area (Å²) in [6.45, 7) is 1.30. The van der Waals surface area contributed by atoms with E-state index < -0.39 is 59.7 Å². The molecule has 6 nitrogen and oxygen atoms in total. The van der Waals surface area contributed by atoms with E-state index >= 15 is 0 Å². The fourth-order valence-electron chi connectivity index (χ4n) is 2.86. The van der Waals surface area contributed by atoms with E-state index in [-0.39, 0.29) is 33.2 Å². The number of aliphatic carboxylic acids is 1. The summed E-state index contributed by atoms with van der Waals surface area (Å²) in [6.07, 6.45) is -2.23. The minimum atomic E-state index is -3.16. The topological polar surface area (TPSA) is 85.6 Å². The Morgan fingerprint density at radius 1 is 1.23 bits per heavy atom. The van der Waals surface area contributed by atoms with E-state index in [1.54, 1.807) is 0 Å². The highest BCUT2D eigenvalue weighted by Crippen LogP contribution is 2.34. The number of carboxylic acid groups (broad SMARTS) is 1. The monoisotopic (exact) mass is 432 g/mol. The second kappa shape index (κ2) is 8.97. The summed E-state index contributed by atoms with van der Waals surface area (Å²) in [6, 6.07) is -1.46. The molecule has 1 N–H and O–H groups in total. The van der Waals surface area contributed by atoms with Crippen LogP contribution in [0, 0.1) is 0 Å². The number of hydrogen-bond donors (Lipinski definition) is 1. The quantitative estimate of drug-likeness (QED) is 0.564. The predicted molar refractivity (Wildman–Crippen MR) is 115 cm³/mol. The summed E-state index contributed by atoms with van der Waals surface area (Å²) >= 11 is 6.08. The van der Waals surface area contributed by atoms with Gasteiger partial charge in [0, 0.05) is 31.3 Å². The summed E-state index contributed by atoms with van der Waals surface area (Å²) in [5, 5.41) is 10.2. The number of nitrogens with zero attached hydrogens (tertiary/aromatic N) is 1. The Morgan fingerprint density at radius 3 is 2.53 bits per heavy atom. The van der Waals surface area contributed by atoms with Crippen LogP contribution < -0.4 is 10.3 Å². The average Bonchev–Trinajstić information content (AvgIpc) is 2.81. The maximum absolute atomic E-state index is 13.2. The zero-order chi connectivity index (χ0) is 28.0. The molecule has 0 radical (unpaired) electrons. The maximum Gasteiger partial charge on any atom is 0.327 e. The summed E-state index contributed by atoms with van der Waals surface area (Å²) in [4.78, 5) is 37.7. The molecular weight excluding hydrogens is 406 g/mol. The van der Waals surface area contributed by atoms with Crippen molar-refractivity contribution >= 4 is 23.4 Å². The van der Waals surface area contributed by atoms with Crippen LogP contribution in [0.5, 0.6) is 5.75 Å². The molecular formula is C23H20ClNO5. The molecule has 0 aliphatic heterocycles. The van der Waals surface area contributed by atoms with Gasteiger partial charge in [-0.2, -0.15) is 0 Å². The first-order valence-electron chi connectivity index (χ1n) is 12.1. The van der Waals surface area contributed by atoms with E-state index in [0.29, 0.717) is 4.57 Å². The molecule has 1 aromatic heterocycles. The van der Waals surface area contributed by atoms with Crippen molar-refractivity contribution in [3.05, 3.63) is 87.2 Å². The third-order valence-corrected chi connectivity index (χ3v) is 4.44. The number of benzene rings is 2. The number of methoxy groups -OCH3 is 1. The largest absolute Gasteiger partial charge is 0.495 e. The minimum absolute atomic E-state index is 0.0870. The molecule has 0 aliphatic rings. The molecule has 7 heteroatoms. The fourth-order valence-corrected chi connectivity index (χ4v) is 3.03. The van der Waals surface area contributed by atoms with Gasteiger partial charge < -0.3 is 9.84 Å². The molecule has 3 rings (SSSR count). The zero-order valence-electron chi connectivity index (χ0n) is 22.9. The van der Waals surface area contributed by atoms with Gasteiger partial charge in [0.25, 0.3) is 5.56 Å². The molecule has 0 bridgehead atoms. The second-order valence-corrected chi connectivity index (χ2v) is 6.57.